The molecular weight excluding hydrogens is 208 g/mol. The van der Waals surface area contributed by atoms with Crippen LogP contribution >= 0.6 is 11.3 Å². The van der Waals surface area contributed by atoms with Crippen molar-refractivity contribution in [3.63, 3.8) is 0 Å². The predicted octanol–water partition coefficient (Wildman–Crippen LogP) is 2.49. The molecule has 0 aliphatic heterocycles. The van der Waals surface area contributed by atoms with Gasteiger partial charge < -0.3 is 16.2 Å². The maximum atomic E-state index is 5.67. The van der Waals surface area contributed by atoms with Gasteiger partial charge in [0.05, 0.1) is 11.4 Å². The first-order valence-corrected chi connectivity index (χ1v) is 5.44. The molecule has 2 rings (SSSR count). The Morgan fingerprint density at radius 3 is 2.67 bits per heavy atom. The third-order valence-electron chi connectivity index (χ3n) is 2.02. The molecule has 0 aliphatic rings. The van der Waals surface area contributed by atoms with Crippen LogP contribution in [-0.4, -0.2) is 0 Å². The first-order chi connectivity index (χ1) is 7.25. The van der Waals surface area contributed by atoms with Crippen LogP contribution in [0.3, 0.4) is 0 Å². The summed E-state index contributed by atoms with van der Waals surface area (Å²) in [6, 6.07) is 9.34. The minimum Gasteiger partial charge on any atom is -0.488 e. The topological polar surface area (TPSA) is 61.3 Å². The quantitative estimate of drug-likeness (QED) is 0.781. The molecule has 4 N–H and O–H groups in total. The number of anilines is 2. The van der Waals surface area contributed by atoms with Gasteiger partial charge in [-0.15, -0.1) is 11.3 Å². The summed E-state index contributed by atoms with van der Waals surface area (Å²) in [4.78, 5) is 1.19. The zero-order valence-electron chi connectivity index (χ0n) is 8.14. The highest BCUT2D eigenvalue weighted by Crippen LogP contribution is 2.22. The summed E-state index contributed by atoms with van der Waals surface area (Å²) in [6.07, 6.45) is 0. The van der Waals surface area contributed by atoms with Gasteiger partial charge in [0.25, 0.3) is 0 Å². The Kier molecular flexibility index (Phi) is 2.78. The summed E-state index contributed by atoms with van der Waals surface area (Å²) in [5, 5.41) is 2.02. The molecule has 0 saturated carbocycles. The highest BCUT2D eigenvalue weighted by Gasteiger charge is 1.99. The van der Waals surface area contributed by atoms with Crippen LogP contribution in [0.1, 0.15) is 4.88 Å². The van der Waals surface area contributed by atoms with Gasteiger partial charge in [-0.05, 0) is 23.6 Å². The van der Waals surface area contributed by atoms with Crippen molar-refractivity contribution in [3.8, 4) is 5.75 Å². The Morgan fingerprint density at radius 1 is 1.13 bits per heavy atom. The van der Waals surface area contributed by atoms with E-state index in [4.69, 9.17) is 16.2 Å². The van der Waals surface area contributed by atoms with Crippen molar-refractivity contribution < 1.29 is 4.74 Å². The molecule has 0 unspecified atom stereocenters. The van der Waals surface area contributed by atoms with Crippen LogP contribution in [0.2, 0.25) is 0 Å². The van der Waals surface area contributed by atoms with Crippen LogP contribution in [0.5, 0.6) is 5.75 Å². The van der Waals surface area contributed by atoms with Crippen LogP contribution in [0.4, 0.5) is 11.4 Å². The number of rotatable bonds is 3. The van der Waals surface area contributed by atoms with E-state index in [9.17, 15) is 0 Å². The Hall–Kier alpha value is -1.68. The summed E-state index contributed by atoms with van der Waals surface area (Å²) in [6.45, 7) is 0.570. The molecule has 0 amide bonds. The number of thiophene rings is 1. The lowest BCUT2D eigenvalue weighted by Crippen LogP contribution is -1.97. The van der Waals surface area contributed by atoms with Crippen molar-refractivity contribution in [2.24, 2.45) is 0 Å². The van der Waals surface area contributed by atoms with Crippen LogP contribution in [-0.2, 0) is 6.61 Å². The summed E-state index contributed by atoms with van der Waals surface area (Å²) in [5.74, 6) is 0.745. The molecule has 78 valence electrons. The summed E-state index contributed by atoms with van der Waals surface area (Å²) >= 11 is 1.67. The van der Waals surface area contributed by atoms with Gasteiger partial charge in [-0.25, -0.2) is 0 Å². The Bertz CT molecular complexity index is 440. The normalized spacial score (nSPS) is 10.1. The van der Waals surface area contributed by atoms with Crippen LogP contribution in [0.15, 0.2) is 35.7 Å². The van der Waals surface area contributed by atoms with Crippen LogP contribution in [0, 0.1) is 0 Å². The van der Waals surface area contributed by atoms with E-state index in [2.05, 4.69) is 0 Å². The molecule has 0 bridgehead atoms. The Balaban J connectivity index is 2.02. The van der Waals surface area contributed by atoms with Gasteiger partial charge in [-0.1, -0.05) is 6.07 Å². The molecule has 3 nitrogen and oxygen atoms in total. The average Bonchev–Trinajstić information content (AvgIpc) is 2.73. The number of hydrogen-bond donors (Lipinski definition) is 2. The molecule has 2 aromatic rings. The standard InChI is InChI=1S/C11H12N2OS/c12-10-4-3-8(6-11(10)13)14-7-9-2-1-5-15-9/h1-6H,7,12-13H2. The Labute approximate surface area is 92.3 Å². The lowest BCUT2D eigenvalue weighted by molar-refractivity contribution is 0.310. The van der Waals surface area contributed by atoms with E-state index in [1.807, 2.05) is 23.6 Å². The van der Waals surface area contributed by atoms with Gasteiger partial charge in [-0.3, -0.25) is 0 Å². The fourth-order valence-electron chi connectivity index (χ4n) is 1.19. The lowest BCUT2D eigenvalue weighted by Gasteiger charge is -2.06. The van der Waals surface area contributed by atoms with E-state index < -0.39 is 0 Å². The lowest BCUT2D eigenvalue weighted by atomic mass is 10.2. The molecule has 1 heterocycles. The van der Waals surface area contributed by atoms with Gasteiger partial charge >= 0.3 is 0 Å². The first-order valence-electron chi connectivity index (χ1n) is 4.56. The van der Waals surface area contributed by atoms with E-state index in [1.54, 1.807) is 23.5 Å². The van der Waals surface area contributed by atoms with Gasteiger partial charge in [0.1, 0.15) is 12.4 Å². The molecule has 0 fully saturated rings. The summed E-state index contributed by atoms with van der Waals surface area (Å²) in [5.41, 5.74) is 12.4. The third kappa shape index (κ3) is 2.41. The molecule has 0 radical (unpaired) electrons. The average molecular weight is 220 g/mol. The maximum absolute atomic E-state index is 5.67. The monoisotopic (exact) mass is 220 g/mol. The van der Waals surface area contributed by atoms with Crippen LogP contribution < -0.4 is 16.2 Å². The summed E-state index contributed by atoms with van der Waals surface area (Å²) < 4.78 is 5.56. The minimum absolute atomic E-state index is 0.554. The van der Waals surface area contributed by atoms with E-state index in [0.29, 0.717) is 18.0 Å². The molecule has 15 heavy (non-hydrogen) atoms. The van der Waals surface area contributed by atoms with Crippen LogP contribution in [0.25, 0.3) is 0 Å². The van der Waals surface area contributed by atoms with Gasteiger partial charge in [0.2, 0.25) is 0 Å². The molecule has 0 aliphatic carbocycles. The largest absolute Gasteiger partial charge is 0.488 e. The van der Waals surface area contributed by atoms with Crippen molar-refractivity contribution in [2.45, 2.75) is 6.61 Å². The zero-order valence-corrected chi connectivity index (χ0v) is 8.96. The van der Waals surface area contributed by atoms with Crippen molar-refractivity contribution in [2.75, 3.05) is 11.5 Å². The molecule has 0 saturated heterocycles. The second-order valence-corrected chi connectivity index (χ2v) is 4.19. The molecule has 0 atom stereocenters. The number of nitrogens with two attached hydrogens (primary N) is 2. The molecule has 4 heteroatoms. The van der Waals surface area contributed by atoms with E-state index >= 15 is 0 Å². The van der Waals surface area contributed by atoms with Crippen molar-refractivity contribution >= 4 is 22.7 Å². The molecule has 1 aromatic heterocycles. The molecule has 1 aromatic carbocycles. The molecular formula is C11H12N2OS. The number of nitrogen functional groups attached to an aromatic ring is 2. The number of benzene rings is 1. The maximum Gasteiger partial charge on any atom is 0.122 e. The van der Waals surface area contributed by atoms with Gasteiger partial charge in [-0.2, -0.15) is 0 Å². The zero-order chi connectivity index (χ0) is 10.7. The second kappa shape index (κ2) is 4.23. The smallest absolute Gasteiger partial charge is 0.122 e. The number of hydrogen-bond acceptors (Lipinski definition) is 4. The summed E-state index contributed by atoms with van der Waals surface area (Å²) in [7, 11) is 0. The third-order valence-corrected chi connectivity index (χ3v) is 2.87. The second-order valence-electron chi connectivity index (χ2n) is 3.16. The minimum atomic E-state index is 0.554. The van der Waals surface area contributed by atoms with Crippen molar-refractivity contribution in [3.05, 3.63) is 40.6 Å². The van der Waals surface area contributed by atoms with E-state index in [1.165, 1.54) is 4.88 Å². The predicted molar refractivity (Wildman–Crippen MR) is 63.9 cm³/mol. The fourth-order valence-corrected chi connectivity index (χ4v) is 1.81. The first kappa shape index (κ1) is 9.86. The van der Waals surface area contributed by atoms with E-state index in [-0.39, 0.29) is 0 Å². The van der Waals surface area contributed by atoms with Crippen molar-refractivity contribution in [1.82, 2.24) is 0 Å². The van der Waals surface area contributed by atoms with Crippen molar-refractivity contribution in [1.29, 1.82) is 0 Å². The highest BCUT2D eigenvalue weighted by atomic mass is 32.1. The van der Waals surface area contributed by atoms with Gasteiger partial charge in [0.15, 0.2) is 0 Å². The van der Waals surface area contributed by atoms with E-state index in [0.717, 1.165) is 5.75 Å². The van der Waals surface area contributed by atoms with Gasteiger partial charge in [0, 0.05) is 10.9 Å². The fraction of sp³-hybridized carbons (Fsp3) is 0.0909. The SMILES string of the molecule is Nc1ccc(OCc2cccs2)cc1N. The Morgan fingerprint density at radius 2 is 2.00 bits per heavy atom. The highest BCUT2D eigenvalue weighted by molar-refractivity contribution is 7.09. The molecule has 0 spiro atoms. The number of ether oxygens (including phenoxy) is 1.